The Bertz CT molecular complexity index is 3480. The SMILES string of the molecule is c1ccc(-c2nc(-c3ccccc3)nc(-c3ccc(-n4c5ccccc5c5cc6c(cc54)Oc4ccccc4C64c5ccccc5N(c5ccccc5)c5ccccc54)cc3)n2)cc1. The molecule has 0 fully saturated rings. The van der Waals surface area contributed by atoms with Gasteiger partial charge in [0.2, 0.25) is 0 Å². The van der Waals surface area contributed by atoms with Crippen molar-refractivity contribution in [2.75, 3.05) is 4.90 Å². The largest absolute Gasteiger partial charge is 0.457 e. The van der Waals surface area contributed by atoms with E-state index < -0.39 is 5.41 Å². The minimum absolute atomic E-state index is 0.617. The van der Waals surface area contributed by atoms with Crippen LogP contribution in [0.3, 0.4) is 0 Å². The van der Waals surface area contributed by atoms with Crippen molar-refractivity contribution in [2.45, 2.75) is 5.41 Å². The van der Waals surface area contributed by atoms with Gasteiger partial charge in [-0.25, -0.2) is 15.0 Å². The number of aromatic nitrogens is 4. The Morgan fingerprint density at radius 1 is 0.344 bits per heavy atom. The summed E-state index contributed by atoms with van der Waals surface area (Å²) in [4.78, 5) is 17.3. The zero-order chi connectivity index (χ0) is 42.2. The molecule has 0 unspecified atom stereocenters. The van der Waals surface area contributed by atoms with Crippen molar-refractivity contribution in [1.29, 1.82) is 0 Å². The number of anilines is 3. The van der Waals surface area contributed by atoms with Crippen LogP contribution in [0.2, 0.25) is 0 Å². The van der Waals surface area contributed by atoms with E-state index in [4.69, 9.17) is 19.7 Å². The summed E-state index contributed by atoms with van der Waals surface area (Å²) in [6, 6.07) is 79.1. The number of para-hydroxylation sites is 5. The molecule has 9 aromatic carbocycles. The van der Waals surface area contributed by atoms with Gasteiger partial charge >= 0.3 is 0 Å². The first-order valence-corrected chi connectivity index (χ1v) is 21.6. The zero-order valence-electron chi connectivity index (χ0n) is 34.5. The molecule has 0 aliphatic carbocycles. The van der Waals surface area contributed by atoms with Crippen LogP contribution in [0.4, 0.5) is 17.1 Å². The van der Waals surface area contributed by atoms with Crippen LogP contribution in [0.25, 0.3) is 61.7 Å². The highest BCUT2D eigenvalue weighted by molar-refractivity contribution is 6.10. The molecule has 6 heteroatoms. The molecule has 0 atom stereocenters. The molecule has 0 saturated heterocycles. The number of rotatable bonds is 5. The summed E-state index contributed by atoms with van der Waals surface area (Å²) in [5.74, 6) is 3.57. The molecule has 0 amide bonds. The second-order valence-electron chi connectivity index (χ2n) is 16.4. The van der Waals surface area contributed by atoms with E-state index in [1.807, 2.05) is 60.7 Å². The molecule has 2 aliphatic heterocycles. The summed E-state index contributed by atoms with van der Waals surface area (Å²) in [7, 11) is 0. The summed E-state index contributed by atoms with van der Waals surface area (Å²) < 4.78 is 9.41. The lowest BCUT2D eigenvalue weighted by atomic mass is 9.61. The molecule has 11 aromatic rings. The number of ether oxygens (including phenoxy) is 1. The summed E-state index contributed by atoms with van der Waals surface area (Å²) >= 11 is 0. The van der Waals surface area contributed by atoms with E-state index in [1.54, 1.807) is 0 Å². The Balaban J connectivity index is 1.01. The predicted octanol–water partition coefficient (Wildman–Crippen LogP) is 14.2. The van der Waals surface area contributed by atoms with Crippen LogP contribution in [0.15, 0.2) is 224 Å². The van der Waals surface area contributed by atoms with Crippen LogP contribution >= 0.6 is 0 Å². The van der Waals surface area contributed by atoms with Crippen molar-refractivity contribution in [3.8, 4) is 51.3 Å². The average molecular weight is 820 g/mol. The van der Waals surface area contributed by atoms with Crippen LogP contribution in [-0.2, 0) is 5.41 Å². The van der Waals surface area contributed by atoms with Crippen LogP contribution < -0.4 is 9.64 Å². The molecule has 0 bridgehead atoms. The van der Waals surface area contributed by atoms with Gasteiger partial charge in [0, 0.05) is 56.0 Å². The van der Waals surface area contributed by atoms with E-state index in [2.05, 4.69) is 173 Å². The van der Waals surface area contributed by atoms with E-state index in [9.17, 15) is 0 Å². The maximum atomic E-state index is 7.06. The first-order chi connectivity index (χ1) is 31.7. The number of hydrogen-bond donors (Lipinski definition) is 0. The molecule has 0 N–H and O–H groups in total. The smallest absolute Gasteiger partial charge is 0.164 e. The molecule has 64 heavy (non-hydrogen) atoms. The maximum Gasteiger partial charge on any atom is 0.164 e. The Hall–Kier alpha value is -8.61. The van der Waals surface area contributed by atoms with Gasteiger partial charge in [0.05, 0.1) is 27.8 Å². The van der Waals surface area contributed by atoms with E-state index in [0.717, 1.165) is 78.5 Å². The quantitative estimate of drug-likeness (QED) is 0.173. The molecule has 1 spiro atoms. The van der Waals surface area contributed by atoms with Crippen LogP contribution in [0.1, 0.15) is 22.3 Å². The Morgan fingerprint density at radius 2 is 0.844 bits per heavy atom. The molecule has 2 aliphatic rings. The third kappa shape index (κ3) is 5.36. The van der Waals surface area contributed by atoms with Crippen LogP contribution in [-0.4, -0.2) is 19.5 Å². The first kappa shape index (κ1) is 36.1. The normalized spacial score (nSPS) is 13.2. The average Bonchev–Trinajstić information content (AvgIpc) is 3.69. The van der Waals surface area contributed by atoms with Gasteiger partial charge in [-0.3, -0.25) is 0 Å². The van der Waals surface area contributed by atoms with Gasteiger partial charge in [-0.2, -0.15) is 0 Å². The van der Waals surface area contributed by atoms with Crippen LogP contribution in [0, 0.1) is 0 Å². The minimum Gasteiger partial charge on any atom is -0.457 e. The maximum absolute atomic E-state index is 7.06. The monoisotopic (exact) mass is 819 g/mol. The van der Waals surface area contributed by atoms with Crippen molar-refractivity contribution < 1.29 is 4.74 Å². The summed E-state index contributed by atoms with van der Waals surface area (Å²) in [6.45, 7) is 0. The number of hydrogen-bond acceptors (Lipinski definition) is 5. The lowest BCUT2D eigenvalue weighted by molar-refractivity contribution is 0.435. The topological polar surface area (TPSA) is 56.1 Å². The van der Waals surface area contributed by atoms with Crippen molar-refractivity contribution >= 4 is 38.9 Å². The molecule has 6 nitrogen and oxygen atoms in total. The van der Waals surface area contributed by atoms with Gasteiger partial charge in [0.15, 0.2) is 17.5 Å². The fourth-order valence-electron chi connectivity index (χ4n) is 10.2. The van der Waals surface area contributed by atoms with Gasteiger partial charge in [0.25, 0.3) is 0 Å². The van der Waals surface area contributed by atoms with Gasteiger partial charge in [0.1, 0.15) is 11.5 Å². The molecule has 300 valence electrons. The van der Waals surface area contributed by atoms with Gasteiger partial charge in [-0.05, 0) is 77.9 Å². The zero-order valence-corrected chi connectivity index (χ0v) is 34.5. The van der Waals surface area contributed by atoms with Gasteiger partial charge in [-0.1, -0.05) is 152 Å². The van der Waals surface area contributed by atoms with E-state index in [1.165, 1.54) is 16.5 Å². The summed E-state index contributed by atoms with van der Waals surface area (Å²) in [5.41, 5.74) is 13.3. The Kier molecular flexibility index (Phi) is 8.02. The van der Waals surface area contributed by atoms with E-state index in [0.29, 0.717) is 17.5 Å². The fraction of sp³-hybridized carbons (Fsp3) is 0.0172. The number of benzene rings is 9. The highest BCUT2D eigenvalue weighted by atomic mass is 16.5. The van der Waals surface area contributed by atoms with E-state index in [-0.39, 0.29) is 0 Å². The predicted molar refractivity (Wildman–Crippen MR) is 257 cm³/mol. The fourth-order valence-corrected chi connectivity index (χ4v) is 10.2. The van der Waals surface area contributed by atoms with Crippen LogP contribution in [0.5, 0.6) is 11.5 Å². The third-order valence-corrected chi connectivity index (χ3v) is 12.9. The second-order valence-corrected chi connectivity index (χ2v) is 16.4. The lowest BCUT2D eigenvalue weighted by Gasteiger charge is -2.48. The van der Waals surface area contributed by atoms with Crippen molar-refractivity contribution in [1.82, 2.24) is 19.5 Å². The standard InChI is InChI=1S/C58H37N5O/c1-4-18-38(19-5-1)55-59-56(39-20-6-2-7-21-39)61-57(60-55)40-32-34-42(35-33-40)62-49-28-14-10-24-43(49)44-36-48-54(37-52(44)62)64-53-31-17-13-27-47(53)58(48)45-25-11-15-29-50(45)63(41-22-8-3-9-23-41)51-30-16-12-26-46(51)58/h1-37H. The minimum atomic E-state index is -0.677. The molecule has 4 heterocycles. The van der Waals surface area contributed by atoms with Gasteiger partial charge in [-0.15, -0.1) is 0 Å². The molecule has 13 rings (SSSR count). The van der Waals surface area contributed by atoms with E-state index >= 15 is 0 Å². The molecule has 0 saturated carbocycles. The molecule has 2 aromatic heterocycles. The Labute approximate surface area is 370 Å². The highest BCUT2D eigenvalue weighted by Gasteiger charge is 2.51. The van der Waals surface area contributed by atoms with Gasteiger partial charge < -0.3 is 14.2 Å². The van der Waals surface area contributed by atoms with Crippen molar-refractivity contribution in [3.05, 3.63) is 247 Å². The third-order valence-electron chi connectivity index (χ3n) is 12.9. The number of nitrogens with zero attached hydrogens (tertiary/aromatic N) is 5. The second kappa shape index (κ2) is 14.2. The lowest BCUT2D eigenvalue weighted by Crippen LogP contribution is -2.39. The van der Waals surface area contributed by atoms with Crippen molar-refractivity contribution in [3.63, 3.8) is 0 Å². The molecular formula is C58H37N5O. The van der Waals surface area contributed by atoms with Crippen molar-refractivity contribution in [2.24, 2.45) is 0 Å². The molecular weight excluding hydrogens is 783 g/mol. The molecule has 0 radical (unpaired) electrons. The summed E-state index contributed by atoms with van der Waals surface area (Å²) in [5, 5.41) is 2.32. The summed E-state index contributed by atoms with van der Waals surface area (Å²) in [6.07, 6.45) is 0. The first-order valence-electron chi connectivity index (χ1n) is 21.6. The highest BCUT2D eigenvalue weighted by Crippen LogP contribution is 2.63. The Morgan fingerprint density at radius 3 is 1.47 bits per heavy atom. The number of fused-ring (bicyclic) bond motifs is 11.